The van der Waals surface area contributed by atoms with Crippen LogP contribution >= 0.6 is 11.3 Å². The lowest BCUT2D eigenvalue weighted by molar-refractivity contribution is -0.138. The Morgan fingerprint density at radius 1 is 1.29 bits per heavy atom. The molecule has 1 aromatic rings. The van der Waals surface area contributed by atoms with Crippen molar-refractivity contribution in [3.8, 4) is 0 Å². The van der Waals surface area contributed by atoms with E-state index < -0.39 is 11.2 Å². The maximum atomic E-state index is 12.3. The number of fused-ring (bicyclic) bond motifs is 2. The Balaban J connectivity index is 1.68. The summed E-state index contributed by atoms with van der Waals surface area (Å²) in [5, 5.41) is 12.5. The van der Waals surface area contributed by atoms with E-state index in [4.69, 9.17) is 0 Å². The molecular weight excluding hydrogens is 253 g/mol. The molecule has 3 atom stereocenters. The highest BCUT2D eigenvalue weighted by Gasteiger charge is 2.40. The van der Waals surface area contributed by atoms with Gasteiger partial charge in [0.2, 0.25) is 10.1 Å². The summed E-state index contributed by atoms with van der Waals surface area (Å²) in [6.45, 7) is 0. The standard InChI is InChI=1S/C9H11F3N4S/c10-9(11,12)7-15-16-8(17-7)14-6-3-4-1-2-5(6)13-4/h4-6,13H,1-3H2,(H,14,16)/t4-,5+,6-/m1/s1. The molecule has 0 unspecified atom stereocenters. The number of nitrogens with zero attached hydrogens (tertiary/aromatic N) is 2. The van der Waals surface area contributed by atoms with Crippen LogP contribution in [0, 0.1) is 0 Å². The van der Waals surface area contributed by atoms with E-state index >= 15 is 0 Å². The zero-order valence-corrected chi connectivity index (χ0v) is 9.61. The second-order valence-electron chi connectivity index (χ2n) is 4.44. The predicted molar refractivity (Wildman–Crippen MR) is 56.9 cm³/mol. The van der Waals surface area contributed by atoms with Crippen molar-refractivity contribution in [2.75, 3.05) is 5.32 Å². The second kappa shape index (κ2) is 3.81. The fraction of sp³-hybridized carbons (Fsp3) is 0.778. The van der Waals surface area contributed by atoms with Crippen molar-refractivity contribution in [1.82, 2.24) is 15.5 Å². The number of anilines is 1. The van der Waals surface area contributed by atoms with Crippen LogP contribution in [0.5, 0.6) is 0 Å². The van der Waals surface area contributed by atoms with Crippen molar-refractivity contribution in [2.24, 2.45) is 0 Å². The summed E-state index contributed by atoms with van der Waals surface area (Å²) in [7, 11) is 0. The largest absolute Gasteiger partial charge is 0.445 e. The molecule has 2 bridgehead atoms. The van der Waals surface area contributed by atoms with Gasteiger partial charge in [0.15, 0.2) is 0 Å². The molecule has 3 heterocycles. The van der Waals surface area contributed by atoms with E-state index in [9.17, 15) is 13.2 Å². The fourth-order valence-corrected chi connectivity index (χ4v) is 3.21. The molecule has 2 fully saturated rings. The van der Waals surface area contributed by atoms with Gasteiger partial charge in [0.05, 0.1) is 0 Å². The highest BCUT2D eigenvalue weighted by atomic mass is 32.1. The lowest BCUT2D eigenvalue weighted by Gasteiger charge is -2.20. The van der Waals surface area contributed by atoms with Gasteiger partial charge in [-0.15, -0.1) is 10.2 Å². The summed E-state index contributed by atoms with van der Waals surface area (Å²) in [5.74, 6) is 0. The third-order valence-corrected chi connectivity index (χ3v) is 4.18. The minimum absolute atomic E-state index is 0.183. The number of nitrogens with one attached hydrogen (secondary N) is 2. The molecule has 1 aromatic heterocycles. The Kier molecular flexibility index (Phi) is 2.51. The van der Waals surface area contributed by atoms with Gasteiger partial charge in [-0.3, -0.25) is 0 Å². The van der Waals surface area contributed by atoms with Crippen LogP contribution in [0.4, 0.5) is 18.3 Å². The van der Waals surface area contributed by atoms with Crippen molar-refractivity contribution in [3.63, 3.8) is 0 Å². The molecule has 2 saturated heterocycles. The summed E-state index contributed by atoms with van der Waals surface area (Å²) in [4.78, 5) is 0. The van der Waals surface area contributed by atoms with Gasteiger partial charge in [-0.05, 0) is 19.3 Å². The number of alkyl halides is 3. The summed E-state index contributed by atoms with van der Waals surface area (Å²) < 4.78 is 37.0. The molecular formula is C9H11F3N4S. The van der Waals surface area contributed by atoms with E-state index in [2.05, 4.69) is 20.8 Å². The summed E-state index contributed by atoms with van der Waals surface area (Å²) in [5.41, 5.74) is 0. The quantitative estimate of drug-likeness (QED) is 0.856. The molecule has 3 rings (SSSR count). The molecule has 8 heteroatoms. The molecule has 2 N–H and O–H groups in total. The number of hydrogen-bond acceptors (Lipinski definition) is 5. The number of hydrogen-bond donors (Lipinski definition) is 2. The third-order valence-electron chi connectivity index (χ3n) is 3.28. The third kappa shape index (κ3) is 2.11. The topological polar surface area (TPSA) is 49.8 Å². The Morgan fingerprint density at radius 3 is 2.65 bits per heavy atom. The van der Waals surface area contributed by atoms with E-state index in [0.29, 0.717) is 23.4 Å². The number of halogens is 3. The van der Waals surface area contributed by atoms with Crippen molar-refractivity contribution in [2.45, 2.75) is 43.6 Å². The number of aromatic nitrogens is 2. The Labute approximate surface area is 99.6 Å². The molecule has 2 aliphatic heterocycles. The molecule has 0 amide bonds. The lowest BCUT2D eigenvalue weighted by Crippen LogP contribution is -2.33. The van der Waals surface area contributed by atoms with E-state index in [1.807, 2.05) is 0 Å². The molecule has 0 aromatic carbocycles. The normalized spacial score (nSPS) is 32.1. The smallest absolute Gasteiger partial charge is 0.356 e. The Hall–Kier alpha value is -0.890. The first-order valence-corrected chi connectivity index (χ1v) is 6.27. The average Bonchev–Trinajstić information content (AvgIpc) is 2.89. The minimum Gasteiger partial charge on any atom is -0.356 e. The highest BCUT2D eigenvalue weighted by molar-refractivity contribution is 7.15. The van der Waals surface area contributed by atoms with E-state index in [0.717, 1.165) is 19.3 Å². The van der Waals surface area contributed by atoms with Crippen LogP contribution in [0.15, 0.2) is 0 Å². The van der Waals surface area contributed by atoms with Crippen molar-refractivity contribution in [3.05, 3.63) is 5.01 Å². The van der Waals surface area contributed by atoms with Gasteiger partial charge in [0.25, 0.3) is 0 Å². The van der Waals surface area contributed by atoms with Gasteiger partial charge in [-0.2, -0.15) is 13.2 Å². The van der Waals surface area contributed by atoms with E-state index in [1.54, 1.807) is 0 Å². The zero-order chi connectivity index (χ0) is 12.0. The molecule has 0 spiro atoms. The first kappa shape index (κ1) is 11.2. The summed E-state index contributed by atoms with van der Waals surface area (Å²) in [6.07, 6.45) is -1.21. The van der Waals surface area contributed by atoms with Crippen molar-refractivity contribution >= 4 is 16.5 Å². The van der Waals surface area contributed by atoms with Gasteiger partial charge in [0, 0.05) is 18.1 Å². The Morgan fingerprint density at radius 2 is 2.12 bits per heavy atom. The van der Waals surface area contributed by atoms with Gasteiger partial charge in [-0.1, -0.05) is 11.3 Å². The molecule has 4 nitrogen and oxygen atoms in total. The minimum atomic E-state index is -4.40. The van der Waals surface area contributed by atoms with Crippen LogP contribution in [0.1, 0.15) is 24.3 Å². The van der Waals surface area contributed by atoms with Crippen LogP contribution in [0.3, 0.4) is 0 Å². The van der Waals surface area contributed by atoms with Crippen molar-refractivity contribution < 1.29 is 13.2 Å². The monoisotopic (exact) mass is 264 g/mol. The van der Waals surface area contributed by atoms with Crippen LogP contribution in [0.25, 0.3) is 0 Å². The first-order valence-electron chi connectivity index (χ1n) is 5.45. The number of rotatable bonds is 2. The molecule has 0 radical (unpaired) electrons. The maximum Gasteiger partial charge on any atom is 0.445 e. The van der Waals surface area contributed by atoms with E-state index in [1.165, 1.54) is 0 Å². The van der Waals surface area contributed by atoms with Crippen molar-refractivity contribution in [1.29, 1.82) is 0 Å². The SMILES string of the molecule is FC(F)(F)c1nnc(N[C@@H]2C[C@H]3CC[C@@H]2N3)s1. The summed E-state index contributed by atoms with van der Waals surface area (Å²) >= 11 is 0.568. The van der Waals surface area contributed by atoms with Crippen LogP contribution in [-0.2, 0) is 6.18 Å². The van der Waals surface area contributed by atoms with Gasteiger partial charge >= 0.3 is 6.18 Å². The zero-order valence-electron chi connectivity index (χ0n) is 8.79. The Bertz CT molecular complexity index is 419. The molecule has 0 saturated carbocycles. The summed E-state index contributed by atoms with van der Waals surface area (Å²) in [6, 6.07) is 1.05. The second-order valence-corrected chi connectivity index (χ2v) is 5.42. The van der Waals surface area contributed by atoms with Gasteiger partial charge in [-0.25, -0.2) is 0 Å². The average molecular weight is 264 g/mol. The van der Waals surface area contributed by atoms with Crippen LogP contribution in [-0.4, -0.2) is 28.3 Å². The van der Waals surface area contributed by atoms with Crippen LogP contribution in [0.2, 0.25) is 0 Å². The van der Waals surface area contributed by atoms with Gasteiger partial charge in [0.1, 0.15) is 0 Å². The maximum absolute atomic E-state index is 12.3. The molecule has 0 aliphatic carbocycles. The molecule has 94 valence electrons. The first-order chi connectivity index (χ1) is 8.02. The van der Waals surface area contributed by atoms with E-state index in [-0.39, 0.29) is 11.2 Å². The molecule has 17 heavy (non-hydrogen) atoms. The van der Waals surface area contributed by atoms with Gasteiger partial charge < -0.3 is 10.6 Å². The fourth-order valence-electron chi connectivity index (χ4n) is 2.54. The van der Waals surface area contributed by atoms with Crippen LogP contribution < -0.4 is 10.6 Å². The molecule has 2 aliphatic rings. The highest BCUT2D eigenvalue weighted by Crippen LogP contribution is 2.35. The lowest BCUT2D eigenvalue weighted by atomic mass is 9.96. The predicted octanol–water partition coefficient (Wildman–Crippen LogP) is 1.86.